The second kappa shape index (κ2) is 6.79. The van der Waals surface area contributed by atoms with Crippen molar-refractivity contribution in [3.8, 4) is 5.75 Å². The molecule has 0 N–H and O–H groups in total. The molecular weight excluding hydrogens is 305 g/mol. The molecule has 3 nitrogen and oxygen atoms in total. The molecule has 1 aliphatic heterocycles. The van der Waals surface area contributed by atoms with Crippen molar-refractivity contribution in [1.29, 1.82) is 0 Å². The predicted octanol–water partition coefficient (Wildman–Crippen LogP) is 4.94. The first kappa shape index (κ1) is 17.6. The molecule has 0 amide bonds. The van der Waals surface area contributed by atoms with Gasteiger partial charge in [0.25, 0.3) is 0 Å². The predicted molar refractivity (Wildman–Crippen MR) is 81.7 cm³/mol. The van der Waals surface area contributed by atoms with Gasteiger partial charge in [0.2, 0.25) is 0 Å². The van der Waals surface area contributed by atoms with Gasteiger partial charge in [-0.05, 0) is 44.0 Å². The first-order valence-electron chi connectivity index (χ1n) is 7.84. The number of rotatable bonds is 4. The van der Waals surface area contributed by atoms with E-state index < -0.39 is 12.0 Å². The average Bonchev–Trinajstić information content (AvgIpc) is 2.50. The van der Waals surface area contributed by atoms with E-state index in [0.29, 0.717) is 6.42 Å². The van der Waals surface area contributed by atoms with Crippen molar-refractivity contribution in [3.05, 3.63) is 41.2 Å². The van der Waals surface area contributed by atoms with Crippen LogP contribution in [0.3, 0.4) is 0 Å². The number of halogens is 3. The maximum Gasteiger partial charge on any atom is 0.573 e. The van der Waals surface area contributed by atoms with E-state index in [1.807, 2.05) is 6.92 Å². The Hall–Kier alpha value is -1.74. The monoisotopic (exact) mass is 326 g/mol. The lowest BCUT2D eigenvalue weighted by Gasteiger charge is -2.40. The molecule has 2 unspecified atom stereocenters. The molecule has 0 radical (unpaired) electrons. The molecule has 126 valence electrons. The molecule has 1 fully saturated rings. The summed E-state index contributed by atoms with van der Waals surface area (Å²) in [6.45, 7) is 12.6. The van der Waals surface area contributed by atoms with Gasteiger partial charge in [-0.3, -0.25) is 4.85 Å². The molecule has 1 aromatic carbocycles. The smallest absolute Gasteiger partial charge is 0.406 e. The Morgan fingerprint density at radius 2 is 1.91 bits per heavy atom. The van der Waals surface area contributed by atoms with E-state index >= 15 is 0 Å². The summed E-state index contributed by atoms with van der Waals surface area (Å²) in [4.78, 5) is 6.08. The fraction of sp³-hybridized carbons (Fsp3) is 0.588. The van der Waals surface area contributed by atoms with Gasteiger partial charge in [-0.2, -0.15) is 0 Å². The third-order valence-corrected chi connectivity index (χ3v) is 4.51. The van der Waals surface area contributed by atoms with Crippen molar-refractivity contribution >= 4 is 0 Å². The fourth-order valence-corrected chi connectivity index (χ4v) is 3.35. The number of hydrogen-bond donors (Lipinski definition) is 0. The largest absolute Gasteiger partial charge is 0.573 e. The van der Waals surface area contributed by atoms with E-state index in [1.54, 1.807) is 12.1 Å². The highest BCUT2D eigenvalue weighted by Gasteiger charge is 2.46. The minimum Gasteiger partial charge on any atom is -0.406 e. The van der Waals surface area contributed by atoms with Crippen LogP contribution < -0.4 is 4.74 Å². The highest BCUT2D eigenvalue weighted by Crippen LogP contribution is 2.39. The fourth-order valence-electron chi connectivity index (χ4n) is 3.35. The van der Waals surface area contributed by atoms with Crippen molar-refractivity contribution < 1.29 is 17.9 Å². The average molecular weight is 326 g/mol. The Morgan fingerprint density at radius 3 is 2.39 bits per heavy atom. The van der Waals surface area contributed by atoms with Gasteiger partial charge in [0, 0.05) is 19.0 Å². The van der Waals surface area contributed by atoms with Crippen LogP contribution in [-0.4, -0.2) is 23.8 Å². The standard InChI is InChI=1S/C17H21F3N2O/c1-4-16(21-3,22-12-6-5-7-13(22)2)14-8-10-15(11-9-14)23-17(18,19)20/h8-11,13H,4-7,12H2,1-2H3. The van der Waals surface area contributed by atoms with E-state index in [0.717, 1.165) is 31.4 Å². The zero-order valence-electron chi connectivity index (χ0n) is 13.4. The van der Waals surface area contributed by atoms with Crippen LogP contribution in [-0.2, 0) is 5.66 Å². The van der Waals surface area contributed by atoms with E-state index in [4.69, 9.17) is 6.57 Å². The van der Waals surface area contributed by atoms with Crippen molar-refractivity contribution in [2.24, 2.45) is 0 Å². The lowest BCUT2D eigenvalue weighted by atomic mass is 9.90. The van der Waals surface area contributed by atoms with E-state index in [-0.39, 0.29) is 11.8 Å². The number of piperidine rings is 1. The van der Waals surface area contributed by atoms with Crippen LogP contribution in [0.15, 0.2) is 24.3 Å². The van der Waals surface area contributed by atoms with Crippen LogP contribution >= 0.6 is 0 Å². The van der Waals surface area contributed by atoms with E-state index in [2.05, 4.69) is 21.4 Å². The zero-order chi connectivity index (χ0) is 17.1. The summed E-state index contributed by atoms with van der Waals surface area (Å²) in [6, 6.07) is 6.00. The number of likely N-dealkylation sites (tertiary alicyclic amines) is 1. The van der Waals surface area contributed by atoms with Gasteiger partial charge in [-0.25, -0.2) is 11.5 Å². The van der Waals surface area contributed by atoms with Crippen molar-refractivity contribution in [2.45, 2.75) is 57.6 Å². The molecule has 0 bridgehead atoms. The van der Waals surface area contributed by atoms with Gasteiger partial charge in [0.15, 0.2) is 0 Å². The van der Waals surface area contributed by atoms with E-state index in [9.17, 15) is 13.2 Å². The summed E-state index contributed by atoms with van der Waals surface area (Å²) in [5, 5.41) is 0. The molecule has 1 heterocycles. The zero-order valence-corrected chi connectivity index (χ0v) is 13.4. The molecule has 0 aliphatic carbocycles. The topological polar surface area (TPSA) is 16.8 Å². The molecule has 2 atom stereocenters. The summed E-state index contributed by atoms with van der Waals surface area (Å²) in [5.74, 6) is -0.261. The number of nitrogens with zero attached hydrogens (tertiary/aromatic N) is 2. The molecule has 1 saturated heterocycles. The number of ether oxygens (including phenoxy) is 1. The Balaban J connectivity index is 2.32. The normalized spacial score (nSPS) is 22.2. The third-order valence-electron chi connectivity index (χ3n) is 4.51. The quantitative estimate of drug-likeness (QED) is 0.729. The molecule has 0 aromatic heterocycles. The second-order valence-corrected chi connectivity index (χ2v) is 5.89. The molecule has 23 heavy (non-hydrogen) atoms. The minimum absolute atomic E-state index is 0.261. The highest BCUT2D eigenvalue weighted by atomic mass is 19.4. The highest BCUT2D eigenvalue weighted by molar-refractivity contribution is 5.34. The molecule has 1 aromatic rings. The van der Waals surface area contributed by atoms with Crippen molar-refractivity contribution in [1.82, 2.24) is 4.90 Å². The van der Waals surface area contributed by atoms with Crippen LogP contribution in [0.25, 0.3) is 4.85 Å². The summed E-state index contributed by atoms with van der Waals surface area (Å²) in [6.07, 6.45) is -0.901. The summed E-state index contributed by atoms with van der Waals surface area (Å²) < 4.78 is 40.7. The lowest BCUT2D eigenvalue weighted by molar-refractivity contribution is -0.274. The first-order valence-corrected chi connectivity index (χ1v) is 7.84. The number of hydrogen-bond acceptors (Lipinski definition) is 2. The molecule has 1 aliphatic rings. The van der Waals surface area contributed by atoms with Gasteiger partial charge in [-0.1, -0.05) is 13.3 Å². The van der Waals surface area contributed by atoms with Crippen molar-refractivity contribution in [2.75, 3.05) is 6.54 Å². The maximum atomic E-state index is 12.3. The van der Waals surface area contributed by atoms with Crippen LogP contribution in [0.2, 0.25) is 0 Å². The number of alkyl halides is 3. The molecule has 0 saturated carbocycles. The maximum absolute atomic E-state index is 12.3. The molecule has 0 spiro atoms. The van der Waals surface area contributed by atoms with Gasteiger partial charge >= 0.3 is 12.0 Å². The Morgan fingerprint density at radius 1 is 1.26 bits per heavy atom. The second-order valence-electron chi connectivity index (χ2n) is 5.89. The first-order chi connectivity index (χ1) is 10.8. The van der Waals surface area contributed by atoms with Crippen LogP contribution in [0.4, 0.5) is 13.2 Å². The lowest BCUT2D eigenvalue weighted by Crippen LogP contribution is -2.50. The SMILES string of the molecule is [C-]#[N+]C(CC)(c1ccc(OC(F)(F)F)cc1)N1CCCCC1C. The summed E-state index contributed by atoms with van der Waals surface area (Å²) in [5.41, 5.74) is -0.102. The third kappa shape index (κ3) is 3.78. The molecular formula is C17H21F3N2O. The van der Waals surface area contributed by atoms with Crippen LogP contribution in [0.5, 0.6) is 5.75 Å². The van der Waals surface area contributed by atoms with E-state index in [1.165, 1.54) is 12.1 Å². The van der Waals surface area contributed by atoms with Crippen LogP contribution in [0.1, 0.15) is 45.1 Å². The van der Waals surface area contributed by atoms with Gasteiger partial charge in [0.05, 0.1) is 5.56 Å². The molecule has 6 heteroatoms. The Labute approximate surface area is 134 Å². The van der Waals surface area contributed by atoms with Gasteiger partial charge in [-0.15, -0.1) is 13.2 Å². The Bertz CT molecular complexity index is 565. The minimum atomic E-state index is -4.70. The van der Waals surface area contributed by atoms with Crippen molar-refractivity contribution in [3.63, 3.8) is 0 Å². The van der Waals surface area contributed by atoms with Crippen LogP contribution in [0, 0.1) is 6.57 Å². The number of benzene rings is 1. The molecule has 2 rings (SSSR count). The van der Waals surface area contributed by atoms with Gasteiger partial charge < -0.3 is 4.74 Å². The summed E-state index contributed by atoms with van der Waals surface area (Å²) in [7, 11) is 0. The summed E-state index contributed by atoms with van der Waals surface area (Å²) >= 11 is 0. The Kier molecular flexibility index (Phi) is 5.20. The van der Waals surface area contributed by atoms with Gasteiger partial charge in [0.1, 0.15) is 5.75 Å².